The molecule has 0 saturated carbocycles. The average molecular weight is 327 g/mol. The van der Waals surface area contributed by atoms with Gasteiger partial charge in [-0.15, -0.1) is 0 Å². The van der Waals surface area contributed by atoms with E-state index in [0.29, 0.717) is 0 Å². The van der Waals surface area contributed by atoms with Gasteiger partial charge in [-0.25, -0.2) is 0 Å². The molecule has 3 nitrogen and oxygen atoms in total. The molecule has 0 amide bonds. The molecule has 25 heavy (non-hydrogen) atoms. The lowest BCUT2D eigenvalue weighted by Gasteiger charge is -2.12. The topological polar surface area (TPSA) is 50.9 Å². The second kappa shape index (κ2) is 7.49. The molecule has 2 aromatic carbocycles. The maximum atomic E-state index is 5.36. The molecule has 3 N–H and O–H groups in total. The van der Waals surface area contributed by atoms with Gasteiger partial charge in [-0.05, 0) is 71.1 Å². The number of hydrogen-bond donors (Lipinski definition) is 2. The van der Waals surface area contributed by atoms with Gasteiger partial charge in [0.25, 0.3) is 0 Å². The molecular formula is C22H21N3. The van der Waals surface area contributed by atoms with E-state index in [9.17, 15) is 0 Å². The van der Waals surface area contributed by atoms with Crippen molar-refractivity contribution >= 4 is 16.5 Å². The molecule has 124 valence electrons. The summed E-state index contributed by atoms with van der Waals surface area (Å²) in [5, 5.41) is 5.64. The number of rotatable bonds is 5. The highest BCUT2D eigenvalue weighted by atomic mass is 14.8. The van der Waals surface area contributed by atoms with Crippen molar-refractivity contribution in [2.75, 3.05) is 5.32 Å². The zero-order valence-electron chi connectivity index (χ0n) is 14.2. The third-order valence-corrected chi connectivity index (χ3v) is 4.07. The molecule has 0 bridgehead atoms. The molecule has 3 heteroatoms. The van der Waals surface area contributed by atoms with Crippen molar-refractivity contribution in [3.05, 3.63) is 97.1 Å². The van der Waals surface area contributed by atoms with Crippen molar-refractivity contribution in [1.82, 2.24) is 4.98 Å². The predicted molar refractivity (Wildman–Crippen MR) is 107 cm³/mol. The van der Waals surface area contributed by atoms with E-state index < -0.39 is 0 Å². The Bertz CT molecular complexity index is 963. The Hall–Kier alpha value is -3.33. The third kappa shape index (κ3) is 3.78. The maximum Gasteiger partial charge on any atom is 0.0386 e. The number of benzene rings is 2. The van der Waals surface area contributed by atoms with Crippen LogP contribution in [0.15, 0.2) is 91.6 Å². The number of pyridine rings is 1. The molecule has 3 rings (SSSR count). The fourth-order valence-electron chi connectivity index (χ4n) is 2.78. The van der Waals surface area contributed by atoms with E-state index in [1.165, 1.54) is 28.3 Å². The summed E-state index contributed by atoms with van der Waals surface area (Å²) in [5.74, 6) is 0. The molecule has 0 aliphatic heterocycles. The van der Waals surface area contributed by atoms with Crippen LogP contribution in [-0.4, -0.2) is 4.98 Å². The van der Waals surface area contributed by atoms with Gasteiger partial charge in [0.05, 0.1) is 0 Å². The SMILES string of the molecule is C=C(/C=C\N)/C=C\Nc1ccc(C)c(-c2cccc3cnccc23)c1. The van der Waals surface area contributed by atoms with Gasteiger partial charge in [0.15, 0.2) is 0 Å². The van der Waals surface area contributed by atoms with Crippen LogP contribution in [0, 0.1) is 6.92 Å². The zero-order valence-corrected chi connectivity index (χ0v) is 14.2. The average Bonchev–Trinajstić information content (AvgIpc) is 2.63. The monoisotopic (exact) mass is 327 g/mol. The van der Waals surface area contributed by atoms with Crippen LogP contribution in [0.4, 0.5) is 5.69 Å². The summed E-state index contributed by atoms with van der Waals surface area (Å²) in [6.45, 7) is 6.02. The Morgan fingerprint density at radius 1 is 1.12 bits per heavy atom. The minimum absolute atomic E-state index is 0.837. The maximum absolute atomic E-state index is 5.36. The Labute approximate surface area is 148 Å². The molecule has 0 spiro atoms. The van der Waals surface area contributed by atoms with Crippen molar-refractivity contribution < 1.29 is 0 Å². The van der Waals surface area contributed by atoms with E-state index in [1.54, 1.807) is 6.08 Å². The van der Waals surface area contributed by atoms with Crippen molar-refractivity contribution in [1.29, 1.82) is 0 Å². The minimum Gasteiger partial charge on any atom is -0.405 e. The van der Waals surface area contributed by atoms with Gasteiger partial charge >= 0.3 is 0 Å². The van der Waals surface area contributed by atoms with Crippen molar-refractivity contribution in [2.24, 2.45) is 5.73 Å². The van der Waals surface area contributed by atoms with Gasteiger partial charge in [-0.1, -0.05) is 30.8 Å². The van der Waals surface area contributed by atoms with E-state index >= 15 is 0 Å². The molecule has 0 aliphatic carbocycles. The molecule has 0 radical (unpaired) electrons. The number of aromatic nitrogens is 1. The summed E-state index contributed by atoms with van der Waals surface area (Å²) < 4.78 is 0. The van der Waals surface area contributed by atoms with E-state index in [-0.39, 0.29) is 0 Å². The lowest BCUT2D eigenvalue weighted by Crippen LogP contribution is -1.91. The number of nitrogens with one attached hydrogen (secondary N) is 1. The van der Waals surface area contributed by atoms with Crippen LogP contribution >= 0.6 is 0 Å². The second-order valence-electron chi connectivity index (χ2n) is 5.84. The van der Waals surface area contributed by atoms with Gasteiger partial charge < -0.3 is 11.1 Å². The number of aryl methyl sites for hydroxylation is 1. The summed E-state index contributed by atoms with van der Waals surface area (Å²) in [5.41, 5.74) is 10.9. The van der Waals surface area contributed by atoms with Crippen molar-refractivity contribution in [3.63, 3.8) is 0 Å². The Kier molecular flexibility index (Phi) is 4.95. The fraction of sp³-hybridized carbons (Fsp3) is 0.0455. The van der Waals surface area contributed by atoms with Crippen LogP contribution in [0.1, 0.15) is 5.56 Å². The second-order valence-corrected chi connectivity index (χ2v) is 5.84. The highest BCUT2D eigenvalue weighted by Gasteiger charge is 2.07. The number of allylic oxidation sites excluding steroid dienone is 3. The Morgan fingerprint density at radius 2 is 2.00 bits per heavy atom. The lowest BCUT2D eigenvalue weighted by atomic mass is 9.95. The van der Waals surface area contributed by atoms with Gasteiger partial charge in [0.1, 0.15) is 0 Å². The summed E-state index contributed by atoms with van der Waals surface area (Å²) in [4.78, 5) is 4.22. The highest BCUT2D eigenvalue weighted by molar-refractivity contribution is 5.97. The van der Waals surface area contributed by atoms with Crippen molar-refractivity contribution in [2.45, 2.75) is 6.92 Å². The molecule has 3 aromatic rings. The summed E-state index contributed by atoms with van der Waals surface area (Å²) >= 11 is 0. The largest absolute Gasteiger partial charge is 0.405 e. The molecule has 0 unspecified atom stereocenters. The van der Waals surface area contributed by atoms with Gasteiger partial charge in [0.2, 0.25) is 0 Å². The summed E-state index contributed by atoms with van der Waals surface area (Å²) in [6.07, 6.45) is 10.7. The van der Waals surface area contributed by atoms with Crippen LogP contribution in [0.3, 0.4) is 0 Å². The van der Waals surface area contributed by atoms with Gasteiger partial charge in [0, 0.05) is 29.7 Å². The number of fused-ring (bicyclic) bond motifs is 1. The molecule has 1 aromatic heterocycles. The molecule has 0 fully saturated rings. The van der Waals surface area contributed by atoms with Crippen LogP contribution in [-0.2, 0) is 0 Å². The van der Waals surface area contributed by atoms with E-state index in [0.717, 1.165) is 16.6 Å². The quantitative estimate of drug-likeness (QED) is 0.636. The number of anilines is 1. The molecule has 1 heterocycles. The Morgan fingerprint density at radius 3 is 2.84 bits per heavy atom. The molecule has 0 aliphatic rings. The fourth-order valence-corrected chi connectivity index (χ4v) is 2.78. The van der Waals surface area contributed by atoms with E-state index in [4.69, 9.17) is 5.73 Å². The first-order valence-corrected chi connectivity index (χ1v) is 8.13. The smallest absolute Gasteiger partial charge is 0.0386 e. The third-order valence-electron chi connectivity index (χ3n) is 4.07. The Balaban J connectivity index is 1.96. The van der Waals surface area contributed by atoms with Crippen LogP contribution in [0.25, 0.3) is 21.9 Å². The van der Waals surface area contributed by atoms with E-state index in [2.05, 4.69) is 66.3 Å². The first kappa shape index (κ1) is 16.5. The first-order chi connectivity index (χ1) is 12.2. The molecule has 0 saturated heterocycles. The van der Waals surface area contributed by atoms with Crippen LogP contribution in [0.5, 0.6) is 0 Å². The molecular weight excluding hydrogens is 306 g/mol. The zero-order chi connectivity index (χ0) is 17.6. The standard InChI is InChI=1S/C22H21N3/c1-16(8-11-23)9-13-25-19-7-6-17(2)22(14-19)21-5-3-4-18-15-24-12-10-20(18)21/h3-15,25H,1,23H2,2H3/b11-8-,13-9-. The molecule has 0 atom stereocenters. The minimum atomic E-state index is 0.837. The summed E-state index contributed by atoms with van der Waals surface area (Å²) in [6, 6.07) is 14.7. The lowest BCUT2D eigenvalue weighted by molar-refractivity contribution is 1.36. The van der Waals surface area contributed by atoms with Gasteiger partial charge in [-0.2, -0.15) is 0 Å². The summed E-state index contributed by atoms with van der Waals surface area (Å²) in [7, 11) is 0. The first-order valence-electron chi connectivity index (χ1n) is 8.13. The number of nitrogens with two attached hydrogens (primary N) is 1. The number of hydrogen-bond acceptors (Lipinski definition) is 3. The normalized spacial score (nSPS) is 11.4. The number of nitrogens with zero attached hydrogens (tertiary/aromatic N) is 1. The highest BCUT2D eigenvalue weighted by Crippen LogP contribution is 2.32. The van der Waals surface area contributed by atoms with E-state index in [1.807, 2.05) is 24.7 Å². The predicted octanol–water partition coefficient (Wildman–Crippen LogP) is 5.16. The van der Waals surface area contributed by atoms with Crippen molar-refractivity contribution in [3.8, 4) is 11.1 Å². The van der Waals surface area contributed by atoms with Gasteiger partial charge in [-0.3, -0.25) is 4.98 Å². The van der Waals surface area contributed by atoms with Crippen LogP contribution in [0.2, 0.25) is 0 Å². The van der Waals surface area contributed by atoms with Crippen LogP contribution < -0.4 is 11.1 Å².